The Morgan fingerprint density at radius 1 is 1.07 bits per heavy atom. The van der Waals surface area contributed by atoms with Crippen LogP contribution in [0.5, 0.6) is 0 Å². The zero-order chi connectivity index (χ0) is 10.2. The van der Waals surface area contributed by atoms with Gasteiger partial charge in [0.1, 0.15) is 0 Å². The minimum absolute atomic E-state index is 0.975. The van der Waals surface area contributed by atoms with Gasteiger partial charge in [-0.15, -0.1) is 0 Å². The van der Waals surface area contributed by atoms with Gasteiger partial charge in [-0.3, -0.25) is 0 Å². The molecule has 0 amide bonds. The highest BCUT2D eigenvalue weighted by Crippen LogP contribution is 2.15. The summed E-state index contributed by atoms with van der Waals surface area (Å²) in [7, 11) is 2.39. The van der Waals surface area contributed by atoms with Crippen molar-refractivity contribution in [1.82, 2.24) is 0 Å². The van der Waals surface area contributed by atoms with Gasteiger partial charge in [0.15, 0.2) is 0 Å². The molecule has 1 unspecified atom stereocenters. The quantitative estimate of drug-likeness (QED) is 0.576. The Morgan fingerprint density at radius 3 is 2.43 bits per heavy atom. The van der Waals surface area contributed by atoms with Crippen LogP contribution in [0.3, 0.4) is 0 Å². The van der Waals surface area contributed by atoms with Gasteiger partial charge in [0.25, 0.3) is 0 Å². The maximum atomic E-state index is 3.89. The molecule has 84 valence electrons. The molecule has 0 spiro atoms. The molecule has 0 aromatic rings. The number of hydrogen-bond acceptors (Lipinski definition) is 0. The molecule has 1 saturated carbocycles. The van der Waals surface area contributed by atoms with E-state index in [0.717, 1.165) is 12.6 Å². The third-order valence-electron chi connectivity index (χ3n) is 3.62. The Labute approximate surface area is 88.8 Å². The van der Waals surface area contributed by atoms with Crippen LogP contribution in [0, 0.1) is 0 Å². The van der Waals surface area contributed by atoms with E-state index in [0.29, 0.717) is 0 Å². The lowest BCUT2D eigenvalue weighted by atomic mass is 9.94. The minimum atomic E-state index is 0.975. The highest BCUT2D eigenvalue weighted by Gasteiger charge is 2.20. The average molecular weight is 200 g/mol. The van der Waals surface area contributed by atoms with Crippen LogP contribution >= 0.6 is 0 Å². The SMILES string of the molecule is C[NH+](CCCCC[NH3+])C1CCCCC1. The largest absolute Gasteiger partial charge is 0.358 e. The molecule has 1 atom stereocenters. The van der Waals surface area contributed by atoms with Crippen molar-refractivity contribution in [3.63, 3.8) is 0 Å². The van der Waals surface area contributed by atoms with Crippen molar-refractivity contribution in [2.45, 2.75) is 57.4 Å². The Bertz CT molecular complexity index is 130. The van der Waals surface area contributed by atoms with E-state index >= 15 is 0 Å². The van der Waals surface area contributed by atoms with Gasteiger partial charge in [0.05, 0.1) is 26.2 Å². The average Bonchev–Trinajstić information content (AvgIpc) is 2.25. The van der Waals surface area contributed by atoms with E-state index in [1.165, 1.54) is 57.9 Å². The van der Waals surface area contributed by atoms with Crippen molar-refractivity contribution < 1.29 is 10.6 Å². The van der Waals surface area contributed by atoms with E-state index in [1.54, 1.807) is 4.90 Å². The summed E-state index contributed by atoms with van der Waals surface area (Å²) in [4.78, 5) is 1.79. The van der Waals surface area contributed by atoms with Crippen molar-refractivity contribution in [1.29, 1.82) is 0 Å². The Kier molecular flexibility index (Phi) is 6.20. The molecule has 0 radical (unpaired) electrons. The van der Waals surface area contributed by atoms with Gasteiger partial charge < -0.3 is 10.6 Å². The fourth-order valence-electron chi connectivity index (χ4n) is 2.56. The van der Waals surface area contributed by atoms with E-state index in [1.807, 2.05) is 0 Å². The Balaban J connectivity index is 2.04. The Hall–Kier alpha value is -0.0800. The highest BCUT2D eigenvalue weighted by molar-refractivity contribution is 4.63. The molecular weight excluding hydrogens is 172 g/mol. The van der Waals surface area contributed by atoms with Crippen LogP contribution in [0.4, 0.5) is 0 Å². The van der Waals surface area contributed by atoms with Crippen molar-refractivity contribution in [2.24, 2.45) is 0 Å². The molecule has 1 aliphatic carbocycles. The molecule has 1 aliphatic rings. The first-order valence-electron chi connectivity index (χ1n) is 6.46. The molecule has 0 aliphatic heterocycles. The summed E-state index contributed by atoms with van der Waals surface area (Å²) >= 11 is 0. The summed E-state index contributed by atoms with van der Waals surface area (Å²) in [5, 5.41) is 0. The molecule has 2 nitrogen and oxygen atoms in total. The van der Waals surface area contributed by atoms with Gasteiger partial charge in [-0.25, -0.2) is 0 Å². The third-order valence-corrected chi connectivity index (χ3v) is 3.62. The van der Waals surface area contributed by atoms with Crippen molar-refractivity contribution in [3.8, 4) is 0 Å². The summed E-state index contributed by atoms with van der Waals surface area (Å²) < 4.78 is 0. The van der Waals surface area contributed by atoms with Crippen LogP contribution in [-0.4, -0.2) is 26.2 Å². The van der Waals surface area contributed by atoms with Crippen molar-refractivity contribution >= 4 is 0 Å². The van der Waals surface area contributed by atoms with Gasteiger partial charge in [-0.2, -0.15) is 0 Å². The number of rotatable bonds is 6. The normalized spacial score (nSPS) is 21.0. The summed E-state index contributed by atoms with van der Waals surface area (Å²) in [6, 6.07) is 0.975. The summed E-state index contributed by atoms with van der Waals surface area (Å²) in [5.41, 5.74) is 3.89. The summed E-state index contributed by atoms with van der Waals surface area (Å²) in [5.74, 6) is 0. The number of quaternary nitrogens is 2. The van der Waals surface area contributed by atoms with E-state index in [9.17, 15) is 0 Å². The zero-order valence-corrected chi connectivity index (χ0v) is 9.86. The summed E-state index contributed by atoms with van der Waals surface area (Å²) in [6.45, 7) is 2.49. The lowest BCUT2D eigenvalue weighted by molar-refractivity contribution is -0.907. The lowest BCUT2D eigenvalue weighted by Gasteiger charge is -2.28. The second kappa shape index (κ2) is 7.24. The van der Waals surface area contributed by atoms with Crippen LogP contribution < -0.4 is 10.6 Å². The zero-order valence-electron chi connectivity index (χ0n) is 9.86. The topological polar surface area (TPSA) is 32.1 Å². The van der Waals surface area contributed by atoms with Gasteiger partial charge in [-0.05, 0) is 44.9 Å². The molecule has 4 N–H and O–H groups in total. The molecule has 1 rings (SSSR count). The van der Waals surface area contributed by atoms with Crippen LogP contribution in [-0.2, 0) is 0 Å². The first-order valence-corrected chi connectivity index (χ1v) is 6.46. The molecule has 0 aromatic carbocycles. The van der Waals surface area contributed by atoms with Gasteiger partial charge in [-0.1, -0.05) is 6.42 Å². The van der Waals surface area contributed by atoms with Crippen LogP contribution in [0.15, 0.2) is 0 Å². The molecule has 1 fully saturated rings. The number of unbranched alkanes of at least 4 members (excludes halogenated alkanes) is 2. The second-order valence-electron chi connectivity index (χ2n) is 4.85. The van der Waals surface area contributed by atoms with Crippen LogP contribution in [0.25, 0.3) is 0 Å². The first kappa shape index (κ1) is 12.0. The highest BCUT2D eigenvalue weighted by atomic mass is 15.1. The summed E-state index contributed by atoms with van der Waals surface area (Å²) in [6.07, 6.45) is 11.5. The maximum Gasteiger partial charge on any atom is 0.0872 e. The molecule has 0 saturated heterocycles. The maximum absolute atomic E-state index is 3.89. The van der Waals surface area contributed by atoms with Crippen molar-refractivity contribution in [3.05, 3.63) is 0 Å². The van der Waals surface area contributed by atoms with E-state index in [2.05, 4.69) is 12.8 Å². The van der Waals surface area contributed by atoms with Crippen LogP contribution in [0.2, 0.25) is 0 Å². The predicted octanol–water partition coefficient (Wildman–Crippen LogP) is 0.246. The molecule has 14 heavy (non-hydrogen) atoms. The predicted molar refractivity (Wildman–Crippen MR) is 60.2 cm³/mol. The van der Waals surface area contributed by atoms with E-state index < -0.39 is 0 Å². The molecule has 0 heterocycles. The van der Waals surface area contributed by atoms with Gasteiger partial charge in [0, 0.05) is 0 Å². The lowest BCUT2D eigenvalue weighted by Crippen LogP contribution is -3.13. The standard InChI is InChI=1S/C12H26N2/c1-14(11-7-3-6-10-13)12-8-4-2-5-9-12/h12H,2-11,13H2,1H3/p+2. The monoisotopic (exact) mass is 200 g/mol. The third kappa shape index (κ3) is 4.43. The second-order valence-corrected chi connectivity index (χ2v) is 4.85. The molecule has 0 bridgehead atoms. The number of hydrogen-bond donors (Lipinski definition) is 2. The molecule has 0 aromatic heterocycles. The van der Waals surface area contributed by atoms with E-state index in [-0.39, 0.29) is 0 Å². The van der Waals surface area contributed by atoms with Crippen molar-refractivity contribution in [2.75, 3.05) is 20.1 Å². The molecule has 2 heteroatoms. The van der Waals surface area contributed by atoms with Gasteiger partial charge in [0.2, 0.25) is 0 Å². The van der Waals surface area contributed by atoms with Crippen LogP contribution in [0.1, 0.15) is 51.4 Å². The Morgan fingerprint density at radius 2 is 1.79 bits per heavy atom. The van der Waals surface area contributed by atoms with E-state index in [4.69, 9.17) is 0 Å². The number of nitrogens with one attached hydrogen (secondary N) is 1. The minimum Gasteiger partial charge on any atom is -0.358 e. The fourth-order valence-corrected chi connectivity index (χ4v) is 2.56. The molecular formula is C12H28N2+2. The van der Waals surface area contributed by atoms with Gasteiger partial charge >= 0.3 is 0 Å². The fraction of sp³-hybridized carbons (Fsp3) is 1.00. The smallest absolute Gasteiger partial charge is 0.0872 e. The first-order chi connectivity index (χ1) is 6.84.